The van der Waals surface area contributed by atoms with Gasteiger partial charge >= 0.3 is 24.8 Å². The van der Waals surface area contributed by atoms with Crippen LogP contribution in [-0.2, 0) is 14.6 Å². The van der Waals surface area contributed by atoms with E-state index in [1.165, 1.54) is 0 Å². The fourth-order valence-corrected chi connectivity index (χ4v) is 0. The molecule has 0 aromatic carbocycles. The Hall–Kier alpha value is 0.744. The van der Waals surface area contributed by atoms with Gasteiger partial charge in [0.1, 0.15) is 0 Å². The Labute approximate surface area is 44.0 Å². The summed E-state index contributed by atoms with van der Waals surface area (Å²) in [4.78, 5) is 0. The first-order chi connectivity index (χ1) is 2.41. The first-order valence-electron chi connectivity index (χ1n) is 1.14. The maximum atomic E-state index is 7.57. The van der Waals surface area contributed by atoms with E-state index in [1.807, 2.05) is 0 Å². The molecule has 37 valence electrons. The molecule has 0 radical (unpaired) electrons. The molecule has 1 nitrogen and oxygen atoms in total. The van der Waals surface area contributed by atoms with Crippen molar-refractivity contribution in [2.24, 2.45) is 0 Å². The predicted molar refractivity (Wildman–Crippen MR) is 18.6 cm³/mol. The Morgan fingerprint density at radius 2 is 1.80 bits per heavy atom. The maximum absolute atomic E-state index is 7.57. The molecular formula is C2H6ClNiO. The van der Waals surface area contributed by atoms with Crippen molar-refractivity contribution < 1.29 is 19.7 Å². The Morgan fingerprint density at radius 3 is 1.80 bits per heavy atom. The topological polar surface area (TPSA) is 20.2 Å². The molecule has 0 aliphatic heterocycles. The van der Waals surface area contributed by atoms with Gasteiger partial charge in [0.25, 0.3) is 0 Å². The van der Waals surface area contributed by atoms with Gasteiger partial charge in [0.15, 0.2) is 0 Å². The van der Waals surface area contributed by atoms with Crippen molar-refractivity contribution in [3.8, 4) is 0 Å². The number of hydrogen-bond acceptors (Lipinski definition) is 1. The molecule has 1 N–H and O–H groups in total. The Balaban J connectivity index is 0. The van der Waals surface area contributed by atoms with Crippen molar-refractivity contribution >= 4 is 10.2 Å². The van der Waals surface area contributed by atoms with Gasteiger partial charge in [0.2, 0.25) is 0 Å². The van der Waals surface area contributed by atoms with Crippen LogP contribution in [0.15, 0.2) is 0 Å². The molecule has 0 rings (SSSR count). The Morgan fingerprint density at radius 1 is 1.80 bits per heavy atom. The van der Waals surface area contributed by atoms with Gasteiger partial charge in [-0.15, -0.1) is 0 Å². The molecule has 3 heteroatoms. The molecule has 0 saturated carbocycles. The molecule has 0 aromatic rings. The van der Waals surface area contributed by atoms with Gasteiger partial charge < -0.3 is 5.11 Å². The molecule has 0 atom stereocenters. The quantitative estimate of drug-likeness (QED) is 0.491. The second kappa shape index (κ2) is 21.9. The summed E-state index contributed by atoms with van der Waals surface area (Å²) in [5.74, 6) is 0. The first kappa shape index (κ1) is 9.22. The Kier molecular flexibility index (Phi) is 40.3. The summed E-state index contributed by atoms with van der Waals surface area (Å²) >= 11 is 3.35. The van der Waals surface area contributed by atoms with E-state index >= 15 is 0 Å². The molecular weight excluding hydrogens is 134 g/mol. The molecule has 0 aliphatic rings. The molecule has 0 unspecified atom stereocenters. The van der Waals surface area contributed by atoms with Crippen molar-refractivity contribution in [3.05, 3.63) is 0 Å². The van der Waals surface area contributed by atoms with E-state index in [2.05, 4.69) is 24.8 Å². The second-order valence-electron chi connectivity index (χ2n) is 0.316. The molecule has 0 fully saturated rings. The number of hydrogen-bond donors (Lipinski definition) is 1. The molecule has 5 heavy (non-hydrogen) atoms. The minimum atomic E-state index is 0.250. The third kappa shape index (κ3) is 64.6. The van der Waals surface area contributed by atoms with Crippen LogP contribution in [-0.4, -0.2) is 11.7 Å². The van der Waals surface area contributed by atoms with Crippen molar-refractivity contribution in [3.63, 3.8) is 0 Å². The van der Waals surface area contributed by atoms with Gasteiger partial charge in [-0.1, -0.05) is 0 Å². The van der Waals surface area contributed by atoms with E-state index in [9.17, 15) is 0 Å². The Bertz CT molecular complexity index is 9.61. The summed E-state index contributed by atoms with van der Waals surface area (Å²) in [6.07, 6.45) is 0. The van der Waals surface area contributed by atoms with Crippen LogP contribution < -0.4 is 0 Å². The number of rotatable bonds is 0. The van der Waals surface area contributed by atoms with Gasteiger partial charge in [-0.05, 0) is 6.92 Å². The number of aliphatic hydroxyl groups excluding tert-OH is 1. The standard InChI is InChI=1S/C2H6O.ClH.Ni/c1-2-3;;/h3H,2H2,1H3;1H;/q;;+1/p-1. The van der Waals surface area contributed by atoms with Crippen molar-refractivity contribution in [2.45, 2.75) is 6.92 Å². The van der Waals surface area contributed by atoms with E-state index < -0.39 is 0 Å². The van der Waals surface area contributed by atoms with Crippen molar-refractivity contribution in [1.82, 2.24) is 0 Å². The van der Waals surface area contributed by atoms with Crippen molar-refractivity contribution in [2.75, 3.05) is 6.61 Å². The van der Waals surface area contributed by atoms with Crippen LogP contribution in [0.25, 0.3) is 0 Å². The molecule has 0 aliphatic carbocycles. The summed E-state index contributed by atoms with van der Waals surface area (Å²) < 4.78 is 0. The SMILES string of the molecule is CCO.[Cl][Ni]. The predicted octanol–water partition coefficient (Wildman–Crippen LogP) is 0.686. The third-order valence-electron chi connectivity index (χ3n) is 0. The van der Waals surface area contributed by atoms with Crippen LogP contribution in [0, 0.1) is 0 Å². The van der Waals surface area contributed by atoms with Crippen LogP contribution in [0.1, 0.15) is 6.92 Å². The van der Waals surface area contributed by atoms with Crippen LogP contribution in [0.3, 0.4) is 0 Å². The minimum absolute atomic E-state index is 0.250. The van der Waals surface area contributed by atoms with Crippen LogP contribution in [0.5, 0.6) is 0 Å². The monoisotopic (exact) mass is 139 g/mol. The molecule has 0 amide bonds. The number of halogens is 1. The normalized spacial score (nSPS) is 5.00. The summed E-state index contributed by atoms with van der Waals surface area (Å²) in [5, 5.41) is 7.57. The second-order valence-corrected chi connectivity index (χ2v) is 0.316. The van der Waals surface area contributed by atoms with Crippen LogP contribution in [0.4, 0.5) is 0 Å². The molecule has 0 heterocycles. The molecule has 0 spiro atoms. The summed E-state index contributed by atoms with van der Waals surface area (Å²) in [6.45, 7) is 1.93. The average Bonchev–Trinajstić information content (AvgIpc) is 1.46. The number of aliphatic hydroxyl groups is 1. The molecule has 0 saturated heterocycles. The summed E-state index contributed by atoms with van der Waals surface area (Å²) in [7, 11) is 4.26. The van der Waals surface area contributed by atoms with E-state index in [1.54, 1.807) is 6.92 Å². The van der Waals surface area contributed by atoms with E-state index in [0.717, 1.165) is 0 Å². The van der Waals surface area contributed by atoms with Gasteiger partial charge in [-0.2, -0.15) is 0 Å². The van der Waals surface area contributed by atoms with Crippen molar-refractivity contribution in [1.29, 1.82) is 0 Å². The molecule has 0 aromatic heterocycles. The van der Waals surface area contributed by atoms with E-state index in [4.69, 9.17) is 5.11 Å². The summed E-state index contributed by atoms with van der Waals surface area (Å²) in [6, 6.07) is 0. The first-order valence-corrected chi connectivity index (χ1v) is 2.50. The van der Waals surface area contributed by atoms with Gasteiger partial charge in [0, 0.05) is 6.61 Å². The van der Waals surface area contributed by atoms with Gasteiger partial charge in [-0.3, -0.25) is 0 Å². The van der Waals surface area contributed by atoms with Crippen LogP contribution >= 0.6 is 10.2 Å². The summed E-state index contributed by atoms with van der Waals surface area (Å²) in [5.41, 5.74) is 0. The molecule has 0 bridgehead atoms. The van der Waals surface area contributed by atoms with Gasteiger partial charge in [-0.25, -0.2) is 0 Å². The zero-order valence-electron chi connectivity index (χ0n) is 2.85. The van der Waals surface area contributed by atoms with E-state index in [0.29, 0.717) is 0 Å². The zero-order valence-corrected chi connectivity index (χ0v) is 4.59. The van der Waals surface area contributed by atoms with E-state index in [-0.39, 0.29) is 6.61 Å². The third-order valence-corrected chi connectivity index (χ3v) is 0. The average molecular weight is 140 g/mol. The fourth-order valence-electron chi connectivity index (χ4n) is 0. The zero-order chi connectivity index (χ0) is 4.71. The fraction of sp³-hybridized carbons (Fsp3) is 1.00. The van der Waals surface area contributed by atoms with Crippen LogP contribution in [0.2, 0.25) is 0 Å². The van der Waals surface area contributed by atoms with Gasteiger partial charge in [0.05, 0.1) is 0 Å².